The molecule has 0 unspecified atom stereocenters. The lowest BCUT2D eigenvalue weighted by atomic mass is 10.0. The van der Waals surface area contributed by atoms with Gasteiger partial charge in [0, 0.05) is 24.5 Å². The van der Waals surface area contributed by atoms with E-state index >= 15 is 0 Å². The molecule has 7 nitrogen and oxygen atoms in total. The molecule has 7 heteroatoms. The Bertz CT molecular complexity index is 1250. The van der Waals surface area contributed by atoms with Crippen molar-refractivity contribution in [1.29, 1.82) is 0 Å². The molecule has 1 aromatic carbocycles. The Morgan fingerprint density at radius 2 is 2.00 bits per heavy atom. The largest absolute Gasteiger partial charge is 0.345 e. The van der Waals surface area contributed by atoms with Gasteiger partial charge in [-0.1, -0.05) is 24.1 Å². The van der Waals surface area contributed by atoms with Crippen LogP contribution in [0.3, 0.4) is 0 Å². The molecule has 0 atom stereocenters. The first-order chi connectivity index (χ1) is 15.2. The fourth-order valence-electron chi connectivity index (χ4n) is 4.10. The highest BCUT2D eigenvalue weighted by Gasteiger charge is 2.18. The van der Waals surface area contributed by atoms with Crippen molar-refractivity contribution in [1.82, 2.24) is 30.0 Å². The van der Waals surface area contributed by atoms with Crippen LogP contribution in [0.1, 0.15) is 46.8 Å². The third kappa shape index (κ3) is 3.91. The van der Waals surface area contributed by atoms with Crippen molar-refractivity contribution in [3.05, 3.63) is 71.4 Å². The molecule has 31 heavy (non-hydrogen) atoms. The van der Waals surface area contributed by atoms with Crippen LogP contribution in [0.25, 0.3) is 22.3 Å². The minimum absolute atomic E-state index is 0.152. The molecule has 0 fully saturated rings. The van der Waals surface area contributed by atoms with Gasteiger partial charge in [-0.2, -0.15) is 0 Å². The molecule has 1 amide bonds. The number of nitrogens with zero attached hydrogens (tertiary/aromatic N) is 5. The molecule has 4 heterocycles. The zero-order valence-corrected chi connectivity index (χ0v) is 17.5. The van der Waals surface area contributed by atoms with Crippen molar-refractivity contribution in [3.8, 4) is 11.4 Å². The first kappa shape index (κ1) is 19.4. The highest BCUT2D eigenvalue weighted by molar-refractivity contribution is 6.07. The molecule has 1 N–H and O–H groups in total. The van der Waals surface area contributed by atoms with Gasteiger partial charge in [-0.25, -0.2) is 4.98 Å². The molecule has 0 bridgehead atoms. The zero-order valence-electron chi connectivity index (χ0n) is 17.5. The third-order valence-corrected chi connectivity index (χ3v) is 5.73. The second-order valence-corrected chi connectivity index (χ2v) is 7.97. The zero-order chi connectivity index (χ0) is 21.2. The smallest absolute Gasteiger partial charge is 0.252 e. The summed E-state index contributed by atoms with van der Waals surface area (Å²) in [6.45, 7) is 3.27. The number of benzene rings is 1. The van der Waals surface area contributed by atoms with Crippen molar-refractivity contribution in [2.24, 2.45) is 0 Å². The van der Waals surface area contributed by atoms with Gasteiger partial charge in [-0.15, -0.1) is 10.2 Å². The van der Waals surface area contributed by atoms with E-state index in [1.54, 1.807) is 6.20 Å². The highest BCUT2D eigenvalue weighted by atomic mass is 16.1. The van der Waals surface area contributed by atoms with E-state index in [-0.39, 0.29) is 5.91 Å². The van der Waals surface area contributed by atoms with Crippen LogP contribution >= 0.6 is 0 Å². The fraction of sp³-hybridized carbons (Fsp3) is 0.292. The number of fused-ring (bicyclic) bond motifs is 2. The fourth-order valence-corrected chi connectivity index (χ4v) is 4.10. The average molecular weight is 412 g/mol. The summed E-state index contributed by atoms with van der Waals surface area (Å²) in [7, 11) is 0. The first-order valence-electron chi connectivity index (χ1n) is 10.7. The summed E-state index contributed by atoms with van der Waals surface area (Å²) < 4.78 is 2.15. The van der Waals surface area contributed by atoms with E-state index in [0.717, 1.165) is 59.6 Å². The van der Waals surface area contributed by atoms with Crippen molar-refractivity contribution < 1.29 is 4.79 Å². The Hall–Kier alpha value is -3.61. The van der Waals surface area contributed by atoms with E-state index < -0.39 is 0 Å². The Kier molecular flexibility index (Phi) is 5.16. The van der Waals surface area contributed by atoms with E-state index in [4.69, 9.17) is 4.98 Å². The standard InChI is InChI=1S/C24H24N6O/c1-16-9-10-19-17(13-16)18(14-21(27-19)20-7-4-5-11-25-20)24(31)26-15-23-29-28-22-8-3-2-6-12-30(22)23/h4-5,7,9-11,13-14H,2-3,6,8,12,15H2,1H3,(H,26,31). The first-order valence-corrected chi connectivity index (χ1v) is 10.7. The summed E-state index contributed by atoms with van der Waals surface area (Å²) >= 11 is 0. The molecule has 1 aliphatic rings. The van der Waals surface area contributed by atoms with Crippen LogP contribution in [0, 0.1) is 6.92 Å². The number of aryl methyl sites for hydroxylation is 2. The van der Waals surface area contributed by atoms with Gasteiger partial charge in [-0.05, 0) is 50.1 Å². The molecule has 5 rings (SSSR count). The Balaban J connectivity index is 1.48. The van der Waals surface area contributed by atoms with Crippen LogP contribution in [-0.2, 0) is 19.5 Å². The average Bonchev–Trinajstić information content (AvgIpc) is 3.03. The topological polar surface area (TPSA) is 85.6 Å². The molecule has 1 aliphatic heterocycles. The number of carbonyl (C=O) groups is 1. The lowest BCUT2D eigenvalue weighted by molar-refractivity contribution is 0.0951. The number of nitrogens with one attached hydrogen (secondary N) is 1. The molecule has 0 aliphatic carbocycles. The molecule has 156 valence electrons. The number of pyridine rings is 2. The number of rotatable bonds is 4. The Morgan fingerprint density at radius 1 is 1.06 bits per heavy atom. The Labute approximate surface area is 180 Å². The van der Waals surface area contributed by atoms with Gasteiger partial charge < -0.3 is 9.88 Å². The minimum atomic E-state index is -0.152. The van der Waals surface area contributed by atoms with E-state index in [9.17, 15) is 4.79 Å². The second-order valence-electron chi connectivity index (χ2n) is 7.97. The van der Waals surface area contributed by atoms with Crippen molar-refractivity contribution in [2.75, 3.05) is 0 Å². The van der Waals surface area contributed by atoms with E-state index in [1.807, 2.05) is 49.4 Å². The minimum Gasteiger partial charge on any atom is -0.345 e. The number of amides is 1. The van der Waals surface area contributed by atoms with Crippen LogP contribution in [0.2, 0.25) is 0 Å². The van der Waals surface area contributed by atoms with Gasteiger partial charge in [0.15, 0.2) is 5.82 Å². The van der Waals surface area contributed by atoms with Crippen LogP contribution < -0.4 is 5.32 Å². The predicted octanol–water partition coefficient (Wildman–Crippen LogP) is 3.85. The molecule has 0 radical (unpaired) electrons. The summed E-state index contributed by atoms with van der Waals surface area (Å²) in [5, 5.41) is 12.5. The maximum absolute atomic E-state index is 13.3. The Morgan fingerprint density at radius 3 is 2.87 bits per heavy atom. The maximum Gasteiger partial charge on any atom is 0.252 e. The summed E-state index contributed by atoms with van der Waals surface area (Å²) in [4.78, 5) is 22.4. The summed E-state index contributed by atoms with van der Waals surface area (Å²) in [5.74, 6) is 1.68. The van der Waals surface area contributed by atoms with Crippen molar-refractivity contribution in [3.63, 3.8) is 0 Å². The lowest BCUT2D eigenvalue weighted by Crippen LogP contribution is -2.25. The van der Waals surface area contributed by atoms with Crippen molar-refractivity contribution >= 4 is 16.8 Å². The van der Waals surface area contributed by atoms with Gasteiger partial charge in [0.2, 0.25) is 0 Å². The second kappa shape index (κ2) is 8.26. The molecular formula is C24H24N6O. The van der Waals surface area contributed by atoms with Crippen LogP contribution in [0.5, 0.6) is 0 Å². The summed E-state index contributed by atoms with van der Waals surface area (Å²) in [6.07, 6.45) is 6.14. The third-order valence-electron chi connectivity index (χ3n) is 5.73. The van der Waals surface area contributed by atoms with Crippen LogP contribution in [-0.4, -0.2) is 30.6 Å². The maximum atomic E-state index is 13.3. The molecule has 0 spiro atoms. The van der Waals surface area contributed by atoms with E-state index in [2.05, 4.69) is 25.1 Å². The number of aromatic nitrogens is 5. The molecule has 3 aromatic heterocycles. The number of hydrogen-bond acceptors (Lipinski definition) is 5. The van der Waals surface area contributed by atoms with E-state index in [0.29, 0.717) is 17.8 Å². The van der Waals surface area contributed by atoms with Gasteiger partial charge in [-0.3, -0.25) is 9.78 Å². The summed E-state index contributed by atoms with van der Waals surface area (Å²) in [6, 6.07) is 13.5. The molecule has 0 saturated carbocycles. The van der Waals surface area contributed by atoms with Gasteiger partial charge in [0.1, 0.15) is 5.82 Å². The normalized spacial score (nSPS) is 13.6. The van der Waals surface area contributed by atoms with Gasteiger partial charge >= 0.3 is 0 Å². The number of hydrogen-bond donors (Lipinski definition) is 1. The van der Waals surface area contributed by atoms with Crippen LogP contribution in [0.15, 0.2) is 48.7 Å². The van der Waals surface area contributed by atoms with E-state index in [1.165, 1.54) is 6.42 Å². The quantitative estimate of drug-likeness (QED) is 0.550. The van der Waals surface area contributed by atoms with Gasteiger partial charge in [0.05, 0.1) is 29.0 Å². The molecular weight excluding hydrogens is 388 g/mol. The van der Waals surface area contributed by atoms with Crippen LogP contribution in [0.4, 0.5) is 0 Å². The van der Waals surface area contributed by atoms with Gasteiger partial charge in [0.25, 0.3) is 5.91 Å². The molecule has 0 saturated heterocycles. The SMILES string of the molecule is Cc1ccc2nc(-c3ccccn3)cc(C(=O)NCc3nnc4n3CCCCC4)c2c1. The highest BCUT2D eigenvalue weighted by Crippen LogP contribution is 2.25. The van der Waals surface area contributed by atoms with Crippen molar-refractivity contribution in [2.45, 2.75) is 45.7 Å². The number of carbonyl (C=O) groups excluding carboxylic acids is 1. The predicted molar refractivity (Wildman–Crippen MR) is 118 cm³/mol. The monoisotopic (exact) mass is 412 g/mol. The summed E-state index contributed by atoms with van der Waals surface area (Å²) in [5.41, 5.74) is 3.86. The molecule has 4 aromatic rings. The lowest BCUT2D eigenvalue weighted by Gasteiger charge is -2.12.